The summed E-state index contributed by atoms with van der Waals surface area (Å²) in [5, 5.41) is 11.3. The van der Waals surface area contributed by atoms with Gasteiger partial charge in [0, 0.05) is 18.1 Å². The van der Waals surface area contributed by atoms with Crippen molar-refractivity contribution in [3.8, 4) is 0 Å². The van der Waals surface area contributed by atoms with E-state index in [9.17, 15) is 8.42 Å². The zero-order chi connectivity index (χ0) is 15.3. The molecule has 0 unspecified atom stereocenters. The Hall–Kier alpha value is -1.70. The molecule has 0 spiro atoms. The van der Waals surface area contributed by atoms with Crippen molar-refractivity contribution < 1.29 is 8.42 Å². The predicted octanol–water partition coefficient (Wildman–Crippen LogP) is 1.83. The van der Waals surface area contributed by atoms with Crippen LogP contribution in [-0.2, 0) is 10.0 Å². The smallest absolute Gasteiger partial charge is 0.240 e. The molecule has 0 radical (unpaired) electrons. The van der Waals surface area contributed by atoms with E-state index in [0.29, 0.717) is 17.4 Å². The molecule has 0 bridgehead atoms. The number of benzene rings is 1. The lowest BCUT2D eigenvalue weighted by Crippen LogP contribution is -2.29. The molecule has 1 aromatic heterocycles. The maximum Gasteiger partial charge on any atom is 0.240 e. The third-order valence-electron chi connectivity index (χ3n) is 2.65. The number of sulfonamides is 1. The fourth-order valence-corrected chi connectivity index (χ4v) is 2.72. The molecular weight excluding hydrogens is 312 g/mol. The van der Waals surface area contributed by atoms with Gasteiger partial charge in [0.05, 0.1) is 10.6 Å². The van der Waals surface area contributed by atoms with Crippen molar-refractivity contribution >= 4 is 27.4 Å². The van der Waals surface area contributed by atoms with Crippen LogP contribution in [0.3, 0.4) is 0 Å². The molecule has 8 heteroatoms. The summed E-state index contributed by atoms with van der Waals surface area (Å²) in [5.74, 6) is 0.603. The molecule has 0 aliphatic heterocycles. The highest BCUT2D eigenvalue weighted by Crippen LogP contribution is 2.13. The second-order valence-corrected chi connectivity index (χ2v) is 6.54. The van der Waals surface area contributed by atoms with E-state index in [1.807, 2.05) is 13.0 Å². The normalized spacial score (nSPS) is 11.3. The molecule has 21 heavy (non-hydrogen) atoms. The molecule has 0 saturated carbocycles. The van der Waals surface area contributed by atoms with Crippen LogP contribution >= 0.6 is 11.6 Å². The molecule has 0 aliphatic rings. The van der Waals surface area contributed by atoms with E-state index < -0.39 is 10.0 Å². The number of anilines is 1. The highest BCUT2D eigenvalue weighted by Gasteiger charge is 2.12. The summed E-state index contributed by atoms with van der Waals surface area (Å²) < 4.78 is 26.5. The van der Waals surface area contributed by atoms with Gasteiger partial charge in [-0.3, -0.25) is 0 Å². The molecule has 0 amide bonds. The molecule has 2 aromatic rings. The summed E-state index contributed by atoms with van der Waals surface area (Å²) in [4.78, 5) is 0.182. The lowest BCUT2D eigenvalue weighted by Gasteiger charge is -2.08. The van der Waals surface area contributed by atoms with E-state index in [0.717, 1.165) is 5.69 Å². The minimum atomic E-state index is -3.52. The molecule has 0 saturated heterocycles. The Morgan fingerprint density at radius 2 is 1.76 bits per heavy atom. The Bertz CT molecular complexity index is 687. The van der Waals surface area contributed by atoms with Gasteiger partial charge in [-0.1, -0.05) is 11.6 Å². The topological polar surface area (TPSA) is 84.0 Å². The fraction of sp³-hybridized carbons (Fsp3) is 0.231. The van der Waals surface area contributed by atoms with Gasteiger partial charge in [-0.05, 0) is 43.3 Å². The van der Waals surface area contributed by atoms with Gasteiger partial charge in [-0.2, -0.15) is 5.10 Å². The van der Waals surface area contributed by atoms with Crippen molar-refractivity contribution in [1.29, 1.82) is 0 Å². The van der Waals surface area contributed by atoms with Crippen LogP contribution in [0.25, 0.3) is 0 Å². The molecule has 2 N–H and O–H groups in total. The third kappa shape index (κ3) is 4.66. The summed E-state index contributed by atoms with van der Waals surface area (Å²) >= 11 is 5.73. The molecule has 6 nitrogen and oxygen atoms in total. The van der Waals surface area contributed by atoms with E-state index >= 15 is 0 Å². The van der Waals surface area contributed by atoms with Crippen molar-refractivity contribution in [1.82, 2.24) is 14.9 Å². The van der Waals surface area contributed by atoms with Crippen molar-refractivity contribution in [2.75, 3.05) is 18.4 Å². The Balaban J connectivity index is 1.85. The summed E-state index contributed by atoms with van der Waals surface area (Å²) in [6.45, 7) is 2.49. The molecule has 1 aromatic carbocycles. The van der Waals surface area contributed by atoms with Gasteiger partial charge < -0.3 is 5.32 Å². The first kappa shape index (κ1) is 15.7. The zero-order valence-corrected chi connectivity index (χ0v) is 12.9. The molecular formula is C13H15ClN4O2S. The van der Waals surface area contributed by atoms with E-state index in [1.165, 1.54) is 24.3 Å². The first-order chi connectivity index (χ1) is 9.97. The average molecular weight is 327 g/mol. The Morgan fingerprint density at radius 3 is 2.38 bits per heavy atom. The van der Waals surface area contributed by atoms with Crippen molar-refractivity contribution in [2.24, 2.45) is 0 Å². The number of hydrogen-bond donors (Lipinski definition) is 2. The molecule has 0 aliphatic carbocycles. The minimum Gasteiger partial charge on any atom is -0.367 e. The van der Waals surface area contributed by atoms with E-state index in [-0.39, 0.29) is 11.4 Å². The van der Waals surface area contributed by atoms with Gasteiger partial charge in [-0.15, -0.1) is 5.10 Å². The van der Waals surface area contributed by atoms with Gasteiger partial charge in [0.25, 0.3) is 0 Å². The Labute approximate surface area is 128 Å². The maximum atomic E-state index is 12.0. The van der Waals surface area contributed by atoms with Gasteiger partial charge >= 0.3 is 0 Å². The highest BCUT2D eigenvalue weighted by atomic mass is 35.5. The highest BCUT2D eigenvalue weighted by molar-refractivity contribution is 7.89. The number of nitrogens with one attached hydrogen (secondary N) is 2. The van der Waals surface area contributed by atoms with E-state index in [2.05, 4.69) is 20.2 Å². The van der Waals surface area contributed by atoms with Gasteiger partial charge in [-0.25, -0.2) is 13.1 Å². The number of halogens is 1. The van der Waals surface area contributed by atoms with Crippen molar-refractivity contribution in [3.63, 3.8) is 0 Å². The van der Waals surface area contributed by atoms with Crippen LogP contribution in [0.15, 0.2) is 41.3 Å². The zero-order valence-electron chi connectivity index (χ0n) is 11.4. The lowest BCUT2D eigenvalue weighted by molar-refractivity contribution is 0.583. The van der Waals surface area contributed by atoms with Crippen LogP contribution in [0.4, 0.5) is 5.82 Å². The SMILES string of the molecule is Cc1ccc(NCCNS(=O)(=O)c2ccc(Cl)cc2)nn1. The number of rotatable bonds is 6. The van der Waals surface area contributed by atoms with Crippen molar-refractivity contribution in [3.05, 3.63) is 47.1 Å². The predicted molar refractivity (Wildman–Crippen MR) is 81.9 cm³/mol. The van der Waals surface area contributed by atoms with E-state index in [1.54, 1.807) is 6.07 Å². The van der Waals surface area contributed by atoms with Crippen LogP contribution in [0.1, 0.15) is 5.69 Å². The number of nitrogens with zero attached hydrogens (tertiary/aromatic N) is 2. The summed E-state index contributed by atoms with van der Waals surface area (Å²) in [6.07, 6.45) is 0. The third-order valence-corrected chi connectivity index (χ3v) is 4.37. The second kappa shape index (κ2) is 6.84. The molecule has 0 atom stereocenters. The number of aryl methyl sites for hydroxylation is 1. The fourth-order valence-electron chi connectivity index (χ4n) is 1.57. The van der Waals surface area contributed by atoms with Gasteiger partial charge in [0.2, 0.25) is 10.0 Å². The van der Waals surface area contributed by atoms with Crippen molar-refractivity contribution in [2.45, 2.75) is 11.8 Å². The van der Waals surface area contributed by atoms with E-state index in [4.69, 9.17) is 11.6 Å². The van der Waals surface area contributed by atoms with Crippen LogP contribution in [-0.4, -0.2) is 31.7 Å². The molecule has 1 heterocycles. The summed E-state index contributed by atoms with van der Waals surface area (Å²) in [7, 11) is -3.52. The standard InChI is InChI=1S/C13H15ClN4O2S/c1-10-2-7-13(18-17-10)15-8-9-16-21(19,20)12-5-3-11(14)4-6-12/h2-7,16H,8-9H2,1H3,(H,15,18). The molecule has 112 valence electrons. The first-order valence-electron chi connectivity index (χ1n) is 6.27. The van der Waals surface area contributed by atoms with Crippen LogP contribution in [0.2, 0.25) is 5.02 Å². The second-order valence-electron chi connectivity index (χ2n) is 4.34. The quantitative estimate of drug-likeness (QED) is 0.791. The Kier molecular flexibility index (Phi) is 5.11. The van der Waals surface area contributed by atoms with Gasteiger partial charge in [0.15, 0.2) is 0 Å². The summed E-state index contributed by atoms with van der Waals surface area (Å²) in [6, 6.07) is 9.61. The maximum absolute atomic E-state index is 12.0. The molecule has 2 rings (SSSR count). The van der Waals surface area contributed by atoms with Gasteiger partial charge in [0.1, 0.15) is 5.82 Å². The average Bonchev–Trinajstić information content (AvgIpc) is 2.46. The summed E-state index contributed by atoms with van der Waals surface area (Å²) in [5.41, 5.74) is 0.823. The minimum absolute atomic E-state index is 0.182. The lowest BCUT2D eigenvalue weighted by atomic mass is 10.4. The number of hydrogen-bond acceptors (Lipinski definition) is 5. The Morgan fingerprint density at radius 1 is 1.05 bits per heavy atom. The van der Waals surface area contributed by atoms with Crippen LogP contribution in [0, 0.1) is 6.92 Å². The molecule has 0 fully saturated rings. The largest absolute Gasteiger partial charge is 0.367 e. The number of aromatic nitrogens is 2. The van der Waals surface area contributed by atoms with Crippen LogP contribution in [0.5, 0.6) is 0 Å². The van der Waals surface area contributed by atoms with Crippen LogP contribution < -0.4 is 10.0 Å². The monoisotopic (exact) mass is 326 g/mol. The first-order valence-corrected chi connectivity index (χ1v) is 8.13.